The Kier molecular flexibility index (Phi) is 7.39. The van der Waals surface area contributed by atoms with Crippen LogP contribution < -0.4 is 14.2 Å². The average molecular weight is 398 g/mol. The lowest BCUT2D eigenvalue weighted by Crippen LogP contribution is -2.35. The summed E-state index contributed by atoms with van der Waals surface area (Å²) < 4.78 is 16.0. The van der Waals surface area contributed by atoms with Gasteiger partial charge in [0.2, 0.25) is 5.91 Å². The highest BCUT2D eigenvalue weighted by molar-refractivity contribution is 5.77. The summed E-state index contributed by atoms with van der Waals surface area (Å²) in [6.45, 7) is 0.816. The summed E-state index contributed by atoms with van der Waals surface area (Å²) in [4.78, 5) is 15.3. The van der Waals surface area contributed by atoms with Gasteiger partial charge in [0.25, 0.3) is 0 Å². The Bertz CT molecular complexity index is 781. The Hall–Kier alpha value is -2.69. The minimum Gasteiger partial charge on any atom is -0.497 e. The molecule has 1 saturated heterocycles. The molecule has 5 nitrogen and oxygen atoms in total. The lowest BCUT2D eigenvalue weighted by atomic mass is 10.00. The lowest BCUT2D eigenvalue weighted by molar-refractivity contribution is -0.133. The summed E-state index contributed by atoms with van der Waals surface area (Å²) in [5.74, 6) is 2.54. The highest BCUT2D eigenvalue weighted by Gasteiger charge is 2.26. The van der Waals surface area contributed by atoms with Crippen molar-refractivity contribution in [3.8, 4) is 17.2 Å². The number of hydrogen-bond acceptors (Lipinski definition) is 4. The van der Waals surface area contributed by atoms with Crippen LogP contribution >= 0.6 is 0 Å². The summed E-state index contributed by atoms with van der Waals surface area (Å²) in [6, 6.07) is 14.1. The molecule has 0 spiro atoms. The molecule has 0 N–H and O–H groups in total. The van der Waals surface area contributed by atoms with E-state index in [1.165, 1.54) is 12.0 Å². The molecular weight excluding hydrogens is 366 g/mol. The van der Waals surface area contributed by atoms with Gasteiger partial charge in [-0.25, -0.2) is 0 Å². The van der Waals surface area contributed by atoms with Crippen molar-refractivity contribution >= 4 is 5.91 Å². The fourth-order valence-corrected chi connectivity index (χ4v) is 3.99. The van der Waals surface area contributed by atoms with Crippen LogP contribution in [0, 0.1) is 0 Å². The van der Waals surface area contributed by atoms with Crippen molar-refractivity contribution in [3.63, 3.8) is 0 Å². The number of amides is 1. The topological polar surface area (TPSA) is 48.0 Å². The predicted molar refractivity (Wildman–Crippen MR) is 114 cm³/mol. The fourth-order valence-electron chi connectivity index (χ4n) is 3.99. The molecule has 0 radical (unpaired) electrons. The van der Waals surface area contributed by atoms with Crippen LogP contribution in [-0.4, -0.2) is 38.7 Å². The number of hydrogen-bond donors (Lipinski definition) is 0. The molecule has 1 aliphatic rings. The van der Waals surface area contributed by atoms with Crippen LogP contribution in [0.1, 0.15) is 49.3 Å². The molecule has 0 aliphatic carbocycles. The SMILES string of the molecule is COc1ccc([C@H]2CCCCCN2C(=O)CCc2cc(OC)cc(OC)c2)cc1. The van der Waals surface area contributed by atoms with Gasteiger partial charge in [0, 0.05) is 19.0 Å². The molecule has 2 aromatic carbocycles. The smallest absolute Gasteiger partial charge is 0.223 e. The Morgan fingerprint density at radius 2 is 1.55 bits per heavy atom. The zero-order valence-corrected chi connectivity index (χ0v) is 17.6. The zero-order chi connectivity index (χ0) is 20.6. The molecule has 0 saturated carbocycles. The third-order valence-electron chi connectivity index (χ3n) is 5.61. The molecule has 156 valence electrons. The highest BCUT2D eigenvalue weighted by Crippen LogP contribution is 2.32. The number of ether oxygens (including phenoxy) is 3. The van der Waals surface area contributed by atoms with E-state index in [-0.39, 0.29) is 11.9 Å². The van der Waals surface area contributed by atoms with E-state index < -0.39 is 0 Å². The second-order valence-corrected chi connectivity index (χ2v) is 7.45. The van der Waals surface area contributed by atoms with Crippen molar-refractivity contribution in [2.45, 2.75) is 44.6 Å². The van der Waals surface area contributed by atoms with Crippen LogP contribution in [0.4, 0.5) is 0 Å². The van der Waals surface area contributed by atoms with Crippen molar-refractivity contribution < 1.29 is 19.0 Å². The molecule has 1 atom stereocenters. The molecule has 29 heavy (non-hydrogen) atoms. The van der Waals surface area contributed by atoms with E-state index in [1.54, 1.807) is 21.3 Å². The molecule has 5 heteroatoms. The van der Waals surface area contributed by atoms with E-state index in [0.29, 0.717) is 12.8 Å². The van der Waals surface area contributed by atoms with E-state index in [1.807, 2.05) is 30.3 Å². The van der Waals surface area contributed by atoms with Crippen LogP contribution in [0.15, 0.2) is 42.5 Å². The maximum absolute atomic E-state index is 13.2. The third-order valence-corrected chi connectivity index (χ3v) is 5.61. The molecular formula is C24H31NO4. The maximum atomic E-state index is 13.2. The molecule has 1 amide bonds. The number of carbonyl (C=O) groups is 1. The number of likely N-dealkylation sites (tertiary alicyclic amines) is 1. The highest BCUT2D eigenvalue weighted by atomic mass is 16.5. The Balaban J connectivity index is 1.72. The summed E-state index contributed by atoms with van der Waals surface area (Å²) in [5.41, 5.74) is 2.23. The molecule has 1 fully saturated rings. The molecule has 1 aliphatic heterocycles. The van der Waals surface area contributed by atoms with Gasteiger partial charge < -0.3 is 19.1 Å². The first-order chi connectivity index (χ1) is 14.1. The van der Waals surface area contributed by atoms with E-state index >= 15 is 0 Å². The van der Waals surface area contributed by atoms with Gasteiger partial charge in [-0.15, -0.1) is 0 Å². The standard InChI is InChI=1S/C24H31NO4/c1-27-20-11-9-19(10-12-20)23-7-5-4-6-14-25(23)24(26)13-8-18-15-21(28-2)17-22(16-18)29-3/h9-12,15-17,23H,4-8,13-14H2,1-3H3/t23-/m1/s1. The number of nitrogens with zero attached hydrogens (tertiary/aromatic N) is 1. The number of rotatable bonds is 7. The van der Waals surface area contributed by atoms with Gasteiger partial charge in [-0.05, 0) is 54.7 Å². The average Bonchev–Trinajstić information content (AvgIpc) is 3.03. The molecule has 0 aromatic heterocycles. The van der Waals surface area contributed by atoms with Crippen LogP contribution in [0.5, 0.6) is 17.2 Å². The Labute approximate surface area is 173 Å². The number of carbonyl (C=O) groups excluding carboxylic acids is 1. The first-order valence-electron chi connectivity index (χ1n) is 10.3. The van der Waals surface area contributed by atoms with Crippen LogP contribution in [0.2, 0.25) is 0 Å². The summed E-state index contributed by atoms with van der Waals surface area (Å²) in [6.07, 6.45) is 5.52. The second kappa shape index (κ2) is 10.2. The monoisotopic (exact) mass is 397 g/mol. The molecule has 3 rings (SSSR count). The fraction of sp³-hybridized carbons (Fsp3) is 0.458. The van der Waals surface area contributed by atoms with Crippen LogP contribution in [0.25, 0.3) is 0 Å². The number of methoxy groups -OCH3 is 3. The van der Waals surface area contributed by atoms with Crippen molar-refractivity contribution in [1.82, 2.24) is 4.90 Å². The number of benzene rings is 2. The third kappa shape index (κ3) is 5.43. The number of aryl methyl sites for hydroxylation is 1. The van der Waals surface area contributed by atoms with Crippen LogP contribution in [0.3, 0.4) is 0 Å². The van der Waals surface area contributed by atoms with Gasteiger partial charge in [0.15, 0.2) is 0 Å². The molecule has 0 bridgehead atoms. The Morgan fingerprint density at radius 1 is 0.897 bits per heavy atom. The first-order valence-corrected chi connectivity index (χ1v) is 10.3. The van der Waals surface area contributed by atoms with Gasteiger partial charge in [-0.1, -0.05) is 25.0 Å². The predicted octanol–water partition coefficient (Wildman–Crippen LogP) is 4.79. The minimum absolute atomic E-state index is 0.135. The maximum Gasteiger partial charge on any atom is 0.223 e. The minimum atomic E-state index is 0.135. The lowest BCUT2D eigenvalue weighted by Gasteiger charge is -2.31. The van der Waals surface area contributed by atoms with E-state index in [2.05, 4.69) is 17.0 Å². The summed E-state index contributed by atoms with van der Waals surface area (Å²) >= 11 is 0. The quantitative estimate of drug-likeness (QED) is 0.674. The van der Waals surface area contributed by atoms with Gasteiger partial charge in [0.1, 0.15) is 17.2 Å². The van der Waals surface area contributed by atoms with E-state index in [9.17, 15) is 4.79 Å². The van der Waals surface area contributed by atoms with Crippen molar-refractivity contribution in [2.75, 3.05) is 27.9 Å². The van der Waals surface area contributed by atoms with E-state index in [4.69, 9.17) is 14.2 Å². The molecule has 1 heterocycles. The van der Waals surface area contributed by atoms with Crippen molar-refractivity contribution in [2.24, 2.45) is 0 Å². The second-order valence-electron chi connectivity index (χ2n) is 7.45. The first kappa shape index (κ1) is 21.0. The van der Waals surface area contributed by atoms with Gasteiger partial charge in [-0.2, -0.15) is 0 Å². The van der Waals surface area contributed by atoms with Crippen molar-refractivity contribution in [3.05, 3.63) is 53.6 Å². The zero-order valence-electron chi connectivity index (χ0n) is 17.6. The summed E-state index contributed by atoms with van der Waals surface area (Å²) in [5, 5.41) is 0. The van der Waals surface area contributed by atoms with Gasteiger partial charge in [0.05, 0.1) is 27.4 Å². The van der Waals surface area contributed by atoms with Crippen molar-refractivity contribution in [1.29, 1.82) is 0 Å². The normalized spacial score (nSPS) is 16.8. The Morgan fingerprint density at radius 3 is 2.17 bits per heavy atom. The molecule has 0 unspecified atom stereocenters. The molecule has 2 aromatic rings. The van der Waals surface area contributed by atoms with Crippen LogP contribution in [-0.2, 0) is 11.2 Å². The van der Waals surface area contributed by atoms with E-state index in [0.717, 1.165) is 48.6 Å². The largest absolute Gasteiger partial charge is 0.497 e. The van der Waals surface area contributed by atoms with Gasteiger partial charge >= 0.3 is 0 Å². The van der Waals surface area contributed by atoms with Gasteiger partial charge in [-0.3, -0.25) is 4.79 Å². The summed E-state index contributed by atoms with van der Waals surface area (Å²) in [7, 11) is 4.95.